The Morgan fingerprint density at radius 3 is 2.57 bits per heavy atom. The van der Waals surface area contributed by atoms with Gasteiger partial charge >= 0.3 is 5.97 Å². The van der Waals surface area contributed by atoms with E-state index in [-0.39, 0.29) is 0 Å². The third-order valence-electron chi connectivity index (χ3n) is 3.84. The number of carboxylic acids is 1. The number of carboxylic acid groups (broad SMARTS) is 1. The van der Waals surface area contributed by atoms with E-state index in [0.717, 1.165) is 12.0 Å². The standard InChI is InChI=1S/C18H17NO2/c1-2-13-7-5-8-14-10-11-19(17(13)14)12-15-6-3-4-9-16(15)18(20)21/h3-11H,2,12H2,1H3,(H,20,21). The quantitative estimate of drug-likeness (QED) is 0.785. The lowest BCUT2D eigenvalue weighted by Gasteiger charge is -2.11. The van der Waals surface area contributed by atoms with Crippen molar-refractivity contribution in [3.05, 3.63) is 71.4 Å². The first-order chi connectivity index (χ1) is 10.2. The first-order valence-corrected chi connectivity index (χ1v) is 7.08. The zero-order valence-corrected chi connectivity index (χ0v) is 11.9. The molecule has 3 aromatic rings. The molecule has 106 valence electrons. The molecule has 0 fully saturated rings. The van der Waals surface area contributed by atoms with Gasteiger partial charge in [0.25, 0.3) is 0 Å². The van der Waals surface area contributed by atoms with Crippen molar-refractivity contribution in [2.24, 2.45) is 0 Å². The Kier molecular flexibility index (Phi) is 3.48. The van der Waals surface area contributed by atoms with Crippen LogP contribution >= 0.6 is 0 Å². The van der Waals surface area contributed by atoms with E-state index in [1.807, 2.05) is 18.3 Å². The zero-order valence-electron chi connectivity index (χ0n) is 11.9. The van der Waals surface area contributed by atoms with Crippen LogP contribution in [0.4, 0.5) is 0 Å². The van der Waals surface area contributed by atoms with E-state index >= 15 is 0 Å². The highest BCUT2D eigenvalue weighted by atomic mass is 16.4. The fourth-order valence-corrected chi connectivity index (χ4v) is 2.81. The lowest BCUT2D eigenvalue weighted by atomic mass is 10.1. The number of hydrogen-bond acceptors (Lipinski definition) is 1. The van der Waals surface area contributed by atoms with Crippen molar-refractivity contribution in [1.29, 1.82) is 0 Å². The topological polar surface area (TPSA) is 42.2 Å². The molecule has 1 aromatic heterocycles. The summed E-state index contributed by atoms with van der Waals surface area (Å²) in [6, 6.07) is 15.5. The van der Waals surface area contributed by atoms with E-state index in [1.54, 1.807) is 12.1 Å². The minimum atomic E-state index is -0.877. The summed E-state index contributed by atoms with van der Waals surface area (Å²) in [6.07, 6.45) is 2.99. The summed E-state index contributed by atoms with van der Waals surface area (Å²) < 4.78 is 2.13. The molecule has 1 N–H and O–H groups in total. The predicted molar refractivity (Wildman–Crippen MR) is 83.8 cm³/mol. The molecule has 0 atom stereocenters. The van der Waals surface area contributed by atoms with Gasteiger partial charge in [-0.15, -0.1) is 0 Å². The lowest BCUT2D eigenvalue weighted by molar-refractivity contribution is 0.0695. The number of para-hydroxylation sites is 1. The number of nitrogens with zero attached hydrogens (tertiary/aromatic N) is 1. The number of benzene rings is 2. The van der Waals surface area contributed by atoms with Crippen molar-refractivity contribution in [3.8, 4) is 0 Å². The number of rotatable bonds is 4. The van der Waals surface area contributed by atoms with Gasteiger partial charge in [-0.2, -0.15) is 0 Å². The van der Waals surface area contributed by atoms with E-state index < -0.39 is 5.97 Å². The van der Waals surface area contributed by atoms with Crippen LogP contribution in [0.25, 0.3) is 10.9 Å². The molecule has 0 amide bonds. The monoisotopic (exact) mass is 279 g/mol. The summed E-state index contributed by atoms with van der Waals surface area (Å²) in [6.45, 7) is 2.71. The van der Waals surface area contributed by atoms with Crippen LogP contribution < -0.4 is 0 Å². The molecule has 0 unspecified atom stereocenters. The van der Waals surface area contributed by atoms with Gasteiger partial charge in [-0.1, -0.05) is 43.3 Å². The van der Waals surface area contributed by atoms with E-state index in [0.29, 0.717) is 12.1 Å². The molecule has 0 aliphatic carbocycles. The van der Waals surface area contributed by atoms with Crippen molar-refractivity contribution in [1.82, 2.24) is 4.57 Å². The van der Waals surface area contributed by atoms with Crippen LogP contribution in [0.5, 0.6) is 0 Å². The van der Waals surface area contributed by atoms with Crippen molar-refractivity contribution in [2.75, 3.05) is 0 Å². The Labute approximate surface area is 123 Å². The van der Waals surface area contributed by atoms with Crippen LogP contribution in [-0.4, -0.2) is 15.6 Å². The van der Waals surface area contributed by atoms with Crippen molar-refractivity contribution in [3.63, 3.8) is 0 Å². The highest BCUT2D eigenvalue weighted by Crippen LogP contribution is 2.22. The third-order valence-corrected chi connectivity index (χ3v) is 3.84. The number of carbonyl (C=O) groups is 1. The van der Waals surface area contributed by atoms with Crippen LogP contribution in [0.15, 0.2) is 54.7 Å². The third kappa shape index (κ3) is 2.42. The van der Waals surface area contributed by atoms with E-state index in [1.165, 1.54) is 16.5 Å². The minimum Gasteiger partial charge on any atom is -0.478 e. The van der Waals surface area contributed by atoms with Gasteiger partial charge < -0.3 is 9.67 Å². The Morgan fingerprint density at radius 1 is 1.05 bits per heavy atom. The van der Waals surface area contributed by atoms with Gasteiger partial charge in [0.15, 0.2) is 0 Å². The Balaban J connectivity index is 2.09. The van der Waals surface area contributed by atoms with Gasteiger partial charge in [-0.3, -0.25) is 0 Å². The normalized spacial score (nSPS) is 10.9. The van der Waals surface area contributed by atoms with Crippen LogP contribution in [0.2, 0.25) is 0 Å². The maximum Gasteiger partial charge on any atom is 0.336 e. The van der Waals surface area contributed by atoms with Crippen LogP contribution in [-0.2, 0) is 13.0 Å². The Morgan fingerprint density at radius 2 is 1.81 bits per heavy atom. The fraction of sp³-hybridized carbons (Fsp3) is 0.167. The number of fused-ring (bicyclic) bond motifs is 1. The van der Waals surface area contributed by atoms with Crippen LogP contribution in [0.1, 0.15) is 28.4 Å². The largest absolute Gasteiger partial charge is 0.478 e. The Bertz CT molecular complexity index is 802. The maximum absolute atomic E-state index is 11.3. The van der Waals surface area contributed by atoms with E-state index in [9.17, 15) is 9.90 Å². The summed E-state index contributed by atoms with van der Waals surface area (Å²) in [5.74, 6) is -0.877. The smallest absolute Gasteiger partial charge is 0.336 e. The second-order valence-corrected chi connectivity index (χ2v) is 5.11. The summed E-state index contributed by atoms with van der Waals surface area (Å²) in [4.78, 5) is 11.3. The van der Waals surface area contributed by atoms with E-state index in [4.69, 9.17) is 0 Å². The molecular weight excluding hydrogens is 262 g/mol. The van der Waals surface area contributed by atoms with E-state index in [2.05, 4.69) is 35.8 Å². The average Bonchev–Trinajstić information content (AvgIpc) is 2.91. The number of aromatic carboxylic acids is 1. The molecule has 3 heteroatoms. The van der Waals surface area contributed by atoms with Gasteiger partial charge in [-0.25, -0.2) is 4.79 Å². The average molecular weight is 279 g/mol. The number of aryl methyl sites for hydroxylation is 1. The molecule has 0 radical (unpaired) electrons. The van der Waals surface area contributed by atoms with Crippen molar-refractivity contribution < 1.29 is 9.90 Å². The van der Waals surface area contributed by atoms with Crippen LogP contribution in [0.3, 0.4) is 0 Å². The Hall–Kier alpha value is -2.55. The molecule has 0 spiro atoms. The highest BCUT2D eigenvalue weighted by molar-refractivity contribution is 5.89. The summed E-state index contributed by atoms with van der Waals surface area (Å²) in [5, 5.41) is 10.5. The van der Waals surface area contributed by atoms with Crippen molar-refractivity contribution in [2.45, 2.75) is 19.9 Å². The molecule has 3 nitrogen and oxygen atoms in total. The molecule has 0 aliphatic heterocycles. The molecule has 2 aromatic carbocycles. The predicted octanol–water partition coefficient (Wildman–Crippen LogP) is 3.95. The summed E-state index contributed by atoms with van der Waals surface area (Å²) in [5.41, 5.74) is 3.67. The summed E-state index contributed by atoms with van der Waals surface area (Å²) >= 11 is 0. The van der Waals surface area contributed by atoms with Gasteiger partial charge in [0.05, 0.1) is 11.1 Å². The number of hydrogen-bond donors (Lipinski definition) is 1. The van der Waals surface area contributed by atoms with Gasteiger partial charge in [0.1, 0.15) is 0 Å². The first-order valence-electron chi connectivity index (χ1n) is 7.08. The molecule has 0 saturated carbocycles. The minimum absolute atomic E-state index is 0.369. The number of aromatic nitrogens is 1. The SMILES string of the molecule is CCc1cccc2ccn(Cc3ccccc3C(=O)O)c12. The fourth-order valence-electron chi connectivity index (χ4n) is 2.81. The summed E-state index contributed by atoms with van der Waals surface area (Å²) in [7, 11) is 0. The second kappa shape index (κ2) is 5.44. The van der Waals surface area contributed by atoms with Gasteiger partial charge in [0.2, 0.25) is 0 Å². The van der Waals surface area contributed by atoms with Gasteiger partial charge in [0, 0.05) is 12.7 Å². The van der Waals surface area contributed by atoms with Crippen molar-refractivity contribution >= 4 is 16.9 Å². The molecular formula is C18H17NO2. The molecule has 0 aliphatic rings. The highest BCUT2D eigenvalue weighted by Gasteiger charge is 2.11. The zero-order chi connectivity index (χ0) is 14.8. The molecule has 3 rings (SSSR count). The molecule has 0 saturated heterocycles. The second-order valence-electron chi connectivity index (χ2n) is 5.11. The maximum atomic E-state index is 11.3. The van der Waals surface area contributed by atoms with Crippen LogP contribution in [0, 0.1) is 0 Å². The molecule has 21 heavy (non-hydrogen) atoms. The van der Waals surface area contributed by atoms with Gasteiger partial charge in [-0.05, 0) is 35.1 Å². The molecule has 0 bridgehead atoms. The lowest BCUT2D eigenvalue weighted by Crippen LogP contribution is -2.07. The molecule has 1 heterocycles. The first kappa shape index (κ1) is 13.4.